The Kier molecular flexibility index (Phi) is 3.97. The Morgan fingerprint density at radius 2 is 2.06 bits per heavy atom. The van der Waals surface area contributed by atoms with Gasteiger partial charge in [-0.25, -0.2) is 8.78 Å². The van der Waals surface area contributed by atoms with E-state index in [2.05, 4.69) is 21.2 Å². The molecule has 0 aromatic heterocycles. The van der Waals surface area contributed by atoms with Crippen molar-refractivity contribution in [1.29, 1.82) is 0 Å². The fourth-order valence-corrected chi connectivity index (χ4v) is 2.46. The van der Waals surface area contributed by atoms with Gasteiger partial charge in [0, 0.05) is 24.1 Å². The summed E-state index contributed by atoms with van der Waals surface area (Å²) in [6.45, 7) is 1.47. The van der Waals surface area contributed by atoms with Crippen molar-refractivity contribution in [3.8, 4) is 0 Å². The van der Waals surface area contributed by atoms with Gasteiger partial charge in [-0.05, 0) is 25.1 Å². The highest BCUT2D eigenvalue weighted by Crippen LogP contribution is 2.21. The number of rotatable bonds is 2. The minimum absolute atomic E-state index is 0.0139. The van der Waals surface area contributed by atoms with Crippen LogP contribution in [-0.2, 0) is 0 Å². The zero-order chi connectivity index (χ0) is 13.3. The number of nitrogens with zero attached hydrogens (tertiary/aromatic N) is 1. The van der Waals surface area contributed by atoms with E-state index in [4.69, 9.17) is 0 Å². The number of hydrogen-bond acceptors (Lipinski definition) is 2. The zero-order valence-electron chi connectivity index (χ0n) is 9.84. The largest absolute Gasteiger partial charge is 0.337 e. The Bertz CT molecular complexity index is 452. The minimum atomic E-state index is -0.843. The number of amides is 1. The molecule has 0 unspecified atom stereocenters. The van der Waals surface area contributed by atoms with Gasteiger partial charge in [-0.2, -0.15) is 0 Å². The molecule has 0 saturated carbocycles. The molecule has 3 nitrogen and oxygen atoms in total. The van der Waals surface area contributed by atoms with Gasteiger partial charge in [-0.3, -0.25) is 4.79 Å². The molecule has 6 heteroatoms. The molecular formula is C12H13BrF2N2O. The van der Waals surface area contributed by atoms with E-state index in [9.17, 15) is 13.6 Å². The Morgan fingerprint density at radius 3 is 2.56 bits per heavy atom. The molecule has 98 valence electrons. The number of carbonyl (C=O) groups is 1. The summed E-state index contributed by atoms with van der Waals surface area (Å²) in [5.74, 6) is -2.31. The predicted molar refractivity (Wildman–Crippen MR) is 67.4 cm³/mol. The maximum atomic E-state index is 13.7. The quantitative estimate of drug-likeness (QED) is 0.906. The summed E-state index contributed by atoms with van der Waals surface area (Å²) in [6.07, 6.45) is 0.794. The van der Waals surface area contributed by atoms with Crippen molar-refractivity contribution in [1.82, 2.24) is 10.2 Å². The average Bonchev–Trinajstić information content (AvgIpc) is 2.79. The van der Waals surface area contributed by atoms with E-state index < -0.39 is 23.1 Å². The van der Waals surface area contributed by atoms with E-state index in [1.807, 2.05) is 0 Å². The monoisotopic (exact) mass is 318 g/mol. The number of halogens is 3. The predicted octanol–water partition coefficient (Wildman–Crippen LogP) is 2.16. The van der Waals surface area contributed by atoms with Crippen molar-refractivity contribution in [2.24, 2.45) is 0 Å². The molecule has 1 aliphatic rings. The van der Waals surface area contributed by atoms with Crippen LogP contribution in [0.1, 0.15) is 16.8 Å². The van der Waals surface area contributed by atoms with E-state index in [0.717, 1.165) is 25.1 Å². The van der Waals surface area contributed by atoms with Gasteiger partial charge >= 0.3 is 0 Å². The first-order valence-electron chi connectivity index (χ1n) is 5.63. The Labute approximate surface area is 112 Å². The van der Waals surface area contributed by atoms with Gasteiger partial charge in [-0.1, -0.05) is 15.9 Å². The van der Waals surface area contributed by atoms with Crippen LogP contribution in [0.4, 0.5) is 8.78 Å². The van der Waals surface area contributed by atoms with Crippen LogP contribution in [0.5, 0.6) is 0 Å². The first-order valence-corrected chi connectivity index (χ1v) is 6.42. The molecule has 0 bridgehead atoms. The van der Waals surface area contributed by atoms with Crippen molar-refractivity contribution in [2.45, 2.75) is 12.5 Å². The summed E-state index contributed by atoms with van der Waals surface area (Å²) in [7, 11) is 1.57. The van der Waals surface area contributed by atoms with Crippen LogP contribution in [0, 0.1) is 11.6 Å². The lowest BCUT2D eigenvalue weighted by Crippen LogP contribution is -2.39. The van der Waals surface area contributed by atoms with Crippen molar-refractivity contribution in [2.75, 3.05) is 20.1 Å². The highest BCUT2D eigenvalue weighted by Gasteiger charge is 2.28. The normalized spacial score (nSPS) is 19.0. The van der Waals surface area contributed by atoms with E-state index in [1.165, 1.54) is 4.90 Å². The lowest BCUT2D eigenvalue weighted by atomic mass is 10.1. The van der Waals surface area contributed by atoms with Crippen LogP contribution in [0.2, 0.25) is 0 Å². The third kappa shape index (κ3) is 2.54. The summed E-state index contributed by atoms with van der Waals surface area (Å²) >= 11 is 2.98. The molecule has 1 aromatic carbocycles. The van der Waals surface area contributed by atoms with Crippen LogP contribution >= 0.6 is 15.9 Å². The third-order valence-electron chi connectivity index (χ3n) is 3.12. The number of hydrogen-bond donors (Lipinski definition) is 1. The fourth-order valence-electron chi connectivity index (χ4n) is 2.06. The van der Waals surface area contributed by atoms with Gasteiger partial charge in [-0.15, -0.1) is 0 Å². The standard InChI is InChI=1S/C12H13BrF2N2O/c1-17(8-2-3-16-6-8)12(18)11-9(14)4-7(13)5-10(11)15/h4-5,8,16H,2-3,6H2,1H3/t8-/m0/s1. The van der Waals surface area contributed by atoms with Gasteiger partial charge < -0.3 is 10.2 Å². The highest BCUT2D eigenvalue weighted by atomic mass is 79.9. The molecule has 1 atom stereocenters. The molecule has 1 amide bonds. The molecule has 1 saturated heterocycles. The van der Waals surface area contributed by atoms with Crippen molar-refractivity contribution < 1.29 is 13.6 Å². The summed E-state index contributed by atoms with van der Waals surface area (Å²) in [5, 5.41) is 3.11. The van der Waals surface area contributed by atoms with Crippen LogP contribution < -0.4 is 5.32 Å². The van der Waals surface area contributed by atoms with Gasteiger partial charge in [0.1, 0.15) is 17.2 Å². The Morgan fingerprint density at radius 1 is 1.44 bits per heavy atom. The molecule has 2 rings (SSSR count). The summed E-state index contributed by atoms with van der Waals surface area (Å²) < 4.78 is 27.6. The lowest BCUT2D eigenvalue weighted by molar-refractivity contribution is 0.0734. The smallest absolute Gasteiger partial charge is 0.259 e. The summed E-state index contributed by atoms with van der Waals surface area (Å²) in [4.78, 5) is 13.5. The van der Waals surface area contributed by atoms with Crippen LogP contribution in [0.25, 0.3) is 0 Å². The zero-order valence-corrected chi connectivity index (χ0v) is 11.4. The minimum Gasteiger partial charge on any atom is -0.337 e. The Hall–Kier alpha value is -1.01. The molecule has 1 N–H and O–H groups in total. The molecular weight excluding hydrogens is 306 g/mol. The highest BCUT2D eigenvalue weighted by molar-refractivity contribution is 9.10. The molecule has 0 radical (unpaired) electrons. The third-order valence-corrected chi connectivity index (χ3v) is 3.58. The van der Waals surface area contributed by atoms with Gasteiger partial charge in [0.05, 0.1) is 0 Å². The van der Waals surface area contributed by atoms with Crippen LogP contribution in [0.15, 0.2) is 16.6 Å². The van der Waals surface area contributed by atoms with Crippen molar-refractivity contribution in [3.63, 3.8) is 0 Å². The number of nitrogens with one attached hydrogen (secondary N) is 1. The average molecular weight is 319 g/mol. The van der Waals surface area contributed by atoms with Crippen LogP contribution in [0.3, 0.4) is 0 Å². The second-order valence-corrected chi connectivity index (χ2v) is 5.22. The SMILES string of the molecule is CN(C(=O)c1c(F)cc(Br)cc1F)[C@H]1CCNC1. The first kappa shape index (κ1) is 13.4. The summed E-state index contributed by atoms with van der Waals surface area (Å²) in [6, 6.07) is 2.17. The maximum absolute atomic E-state index is 13.7. The van der Waals surface area contributed by atoms with Crippen LogP contribution in [-0.4, -0.2) is 37.0 Å². The van der Waals surface area contributed by atoms with Gasteiger partial charge in [0.2, 0.25) is 0 Å². The molecule has 1 fully saturated rings. The lowest BCUT2D eigenvalue weighted by Gasteiger charge is -2.24. The molecule has 1 aromatic rings. The Balaban J connectivity index is 2.28. The van der Waals surface area contributed by atoms with E-state index in [0.29, 0.717) is 6.54 Å². The topological polar surface area (TPSA) is 32.3 Å². The molecule has 0 aliphatic carbocycles. The van der Waals surface area contributed by atoms with E-state index in [-0.39, 0.29) is 10.5 Å². The van der Waals surface area contributed by atoms with E-state index >= 15 is 0 Å². The van der Waals surface area contributed by atoms with E-state index in [1.54, 1.807) is 7.05 Å². The molecule has 1 heterocycles. The van der Waals surface area contributed by atoms with Crippen molar-refractivity contribution in [3.05, 3.63) is 33.8 Å². The van der Waals surface area contributed by atoms with Gasteiger partial charge in [0.15, 0.2) is 0 Å². The second-order valence-electron chi connectivity index (χ2n) is 4.31. The molecule has 1 aliphatic heterocycles. The fraction of sp³-hybridized carbons (Fsp3) is 0.417. The molecule has 18 heavy (non-hydrogen) atoms. The van der Waals surface area contributed by atoms with Crippen molar-refractivity contribution >= 4 is 21.8 Å². The molecule has 0 spiro atoms. The van der Waals surface area contributed by atoms with Gasteiger partial charge in [0.25, 0.3) is 5.91 Å². The second kappa shape index (κ2) is 5.32. The first-order chi connectivity index (χ1) is 8.50. The number of likely N-dealkylation sites (N-methyl/N-ethyl adjacent to an activating group) is 1. The summed E-state index contributed by atoms with van der Waals surface area (Å²) in [5.41, 5.74) is -0.493. The maximum Gasteiger partial charge on any atom is 0.259 e. The number of carbonyl (C=O) groups excluding carboxylic acids is 1. The number of benzene rings is 1.